The average Bonchev–Trinajstić information content (AvgIpc) is 2.69. The summed E-state index contributed by atoms with van der Waals surface area (Å²) in [7, 11) is 2.05. The summed E-state index contributed by atoms with van der Waals surface area (Å²) in [6.45, 7) is 1.77. The number of nitrogens with zero attached hydrogens (tertiary/aromatic N) is 2. The third-order valence-electron chi connectivity index (χ3n) is 3.08. The molecule has 0 saturated carbocycles. The summed E-state index contributed by atoms with van der Waals surface area (Å²) in [5.74, 6) is 0.0736. The van der Waals surface area contributed by atoms with Gasteiger partial charge in [-0.2, -0.15) is 5.26 Å². The van der Waals surface area contributed by atoms with Gasteiger partial charge < -0.3 is 10.2 Å². The first-order chi connectivity index (χ1) is 8.69. The molecular formula is C14H17N3O. The zero-order chi connectivity index (χ0) is 13.0. The molecule has 0 spiro atoms. The highest BCUT2D eigenvalue weighted by atomic mass is 16.1. The Morgan fingerprint density at radius 2 is 2.33 bits per heavy atom. The van der Waals surface area contributed by atoms with Gasteiger partial charge in [0.15, 0.2) is 0 Å². The number of carbonyl (C=O) groups is 1. The van der Waals surface area contributed by atoms with E-state index in [4.69, 9.17) is 5.26 Å². The van der Waals surface area contributed by atoms with Gasteiger partial charge in [0.05, 0.1) is 12.5 Å². The van der Waals surface area contributed by atoms with E-state index in [9.17, 15) is 4.79 Å². The Kier molecular flexibility index (Phi) is 3.96. The van der Waals surface area contributed by atoms with Crippen LogP contribution in [0.3, 0.4) is 0 Å². The van der Waals surface area contributed by atoms with Gasteiger partial charge in [0.25, 0.3) is 0 Å². The van der Waals surface area contributed by atoms with Crippen molar-refractivity contribution in [1.82, 2.24) is 4.90 Å². The molecule has 1 amide bonds. The largest absolute Gasteiger partial charge is 0.326 e. The molecule has 0 aromatic heterocycles. The lowest BCUT2D eigenvalue weighted by Gasteiger charge is -2.16. The van der Waals surface area contributed by atoms with Gasteiger partial charge in [-0.05, 0) is 37.2 Å². The number of carbonyl (C=O) groups excluding carboxylic acids is 1. The predicted octanol–water partition coefficient (Wildman–Crippen LogP) is 1.92. The highest BCUT2D eigenvalue weighted by Crippen LogP contribution is 2.24. The molecule has 1 aromatic rings. The lowest BCUT2D eigenvalue weighted by atomic mass is 10.1. The fourth-order valence-corrected chi connectivity index (χ4v) is 2.20. The van der Waals surface area contributed by atoms with E-state index in [1.165, 1.54) is 5.56 Å². The maximum atomic E-state index is 11.3. The zero-order valence-corrected chi connectivity index (χ0v) is 10.6. The van der Waals surface area contributed by atoms with Crippen LogP contribution in [0.1, 0.15) is 24.0 Å². The zero-order valence-electron chi connectivity index (χ0n) is 10.6. The fourth-order valence-electron chi connectivity index (χ4n) is 2.20. The minimum absolute atomic E-state index is 0.0736. The molecule has 0 saturated heterocycles. The number of hydrogen-bond acceptors (Lipinski definition) is 3. The lowest BCUT2D eigenvalue weighted by molar-refractivity contribution is -0.115. The molecular weight excluding hydrogens is 226 g/mol. The molecule has 1 heterocycles. The summed E-state index contributed by atoms with van der Waals surface area (Å²) in [6.07, 6.45) is 1.99. The molecule has 1 aliphatic heterocycles. The molecule has 2 rings (SSSR count). The number of unbranched alkanes of at least 4 members (excludes halogenated alkanes) is 1. The number of rotatable bonds is 5. The van der Waals surface area contributed by atoms with Crippen molar-refractivity contribution in [2.75, 3.05) is 18.9 Å². The second kappa shape index (κ2) is 5.65. The topological polar surface area (TPSA) is 56.1 Å². The monoisotopic (exact) mass is 243 g/mol. The number of nitriles is 1. The molecule has 1 N–H and O–H groups in total. The van der Waals surface area contributed by atoms with Crippen LogP contribution >= 0.6 is 0 Å². The van der Waals surface area contributed by atoms with Crippen LogP contribution in [0.15, 0.2) is 18.2 Å². The van der Waals surface area contributed by atoms with E-state index in [1.807, 2.05) is 19.2 Å². The van der Waals surface area contributed by atoms with Crippen LogP contribution in [0.4, 0.5) is 5.69 Å². The molecule has 0 bridgehead atoms. The first-order valence-electron chi connectivity index (χ1n) is 6.16. The second-order valence-electron chi connectivity index (χ2n) is 4.72. The average molecular weight is 243 g/mol. The second-order valence-corrected chi connectivity index (χ2v) is 4.72. The van der Waals surface area contributed by atoms with Crippen LogP contribution in [0.2, 0.25) is 0 Å². The van der Waals surface area contributed by atoms with Crippen LogP contribution in [0.25, 0.3) is 0 Å². The van der Waals surface area contributed by atoms with E-state index in [2.05, 4.69) is 22.4 Å². The quantitative estimate of drug-likeness (QED) is 0.804. The van der Waals surface area contributed by atoms with Gasteiger partial charge in [0.1, 0.15) is 0 Å². The van der Waals surface area contributed by atoms with E-state index in [0.29, 0.717) is 12.8 Å². The van der Waals surface area contributed by atoms with Crippen LogP contribution in [0.5, 0.6) is 0 Å². The molecule has 94 valence electrons. The van der Waals surface area contributed by atoms with E-state index in [1.54, 1.807) is 0 Å². The van der Waals surface area contributed by atoms with Crippen molar-refractivity contribution in [3.05, 3.63) is 29.3 Å². The minimum Gasteiger partial charge on any atom is -0.326 e. The molecule has 1 aliphatic rings. The van der Waals surface area contributed by atoms with Gasteiger partial charge in [-0.15, -0.1) is 0 Å². The minimum atomic E-state index is 0.0736. The first-order valence-corrected chi connectivity index (χ1v) is 6.16. The van der Waals surface area contributed by atoms with E-state index in [-0.39, 0.29) is 5.91 Å². The van der Waals surface area contributed by atoms with Crippen molar-refractivity contribution < 1.29 is 4.79 Å². The van der Waals surface area contributed by atoms with Gasteiger partial charge >= 0.3 is 0 Å². The SMILES string of the molecule is CN(CCCC#N)Cc1ccc2c(c1)CC(=O)N2. The van der Waals surface area contributed by atoms with Crippen LogP contribution < -0.4 is 5.32 Å². The van der Waals surface area contributed by atoms with Gasteiger partial charge in [-0.1, -0.05) is 12.1 Å². The molecule has 0 atom stereocenters. The van der Waals surface area contributed by atoms with E-state index < -0.39 is 0 Å². The molecule has 0 unspecified atom stereocenters. The third kappa shape index (κ3) is 3.08. The first kappa shape index (κ1) is 12.6. The van der Waals surface area contributed by atoms with Crippen molar-refractivity contribution in [3.63, 3.8) is 0 Å². The fraction of sp³-hybridized carbons (Fsp3) is 0.429. The van der Waals surface area contributed by atoms with Gasteiger partial charge in [0, 0.05) is 18.7 Å². The smallest absolute Gasteiger partial charge is 0.228 e. The highest BCUT2D eigenvalue weighted by Gasteiger charge is 2.17. The summed E-state index contributed by atoms with van der Waals surface area (Å²) in [4.78, 5) is 13.5. The third-order valence-corrected chi connectivity index (χ3v) is 3.08. The molecule has 18 heavy (non-hydrogen) atoms. The normalized spacial score (nSPS) is 13.3. The molecule has 0 fully saturated rings. The van der Waals surface area contributed by atoms with Crippen molar-refractivity contribution >= 4 is 11.6 Å². The van der Waals surface area contributed by atoms with Crippen molar-refractivity contribution in [2.24, 2.45) is 0 Å². The van der Waals surface area contributed by atoms with Gasteiger partial charge in [-0.25, -0.2) is 0 Å². The number of benzene rings is 1. The predicted molar refractivity (Wildman–Crippen MR) is 70.0 cm³/mol. The molecule has 1 aromatic carbocycles. The summed E-state index contributed by atoms with van der Waals surface area (Å²) < 4.78 is 0. The number of amides is 1. The standard InChI is InChI=1S/C14H17N3O/c1-17(7-3-2-6-15)10-11-4-5-13-12(8-11)9-14(18)16-13/h4-5,8H,2-3,7,9-10H2,1H3,(H,16,18). The number of nitrogens with one attached hydrogen (secondary N) is 1. The molecule has 4 nitrogen and oxygen atoms in total. The van der Waals surface area contributed by atoms with E-state index in [0.717, 1.165) is 30.8 Å². The van der Waals surface area contributed by atoms with E-state index >= 15 is 0 Å². The summed E-state index contributed by atoms with van der Waals surface area (Å²) in [5.41, 5.74) is 3.24. The Balaban J connectivity index is 1.93. The number of hydrogen-bond donors (Lipinski definition) is 1. The van der Waals surface area contributed by atoms with Crippen molar-refractivity contribution in [1.29, 1.82) is 5.26 Å². The molecule has 0 radical (unpaired) electrons. The Morgan fingerprint density at radius 1 is 1.50 bits per heavy atom. The summed E-state index contributed by atoms with van der Waals surface area (Å²) >= 11 is 0. The Hall–Kier alpha value is -1.86. The maximum absolute atomic E-state index is 11.3. The van der Waals surface area contributed by atoms with Crippen molar-refractivity contribution in [3.8, 4) is 6.07 Å². The summed E-state index contributed by atoms with van der Waals surface area (Å²) in [5, 5.41) is 11.3. The van der Waals surface area contributed by atoms with Gasteiger partial charge in [0.2, 0.25) is 5.91 Å². The number of fused-ring (bicyclic) bond motifs is 1. The Morgan fingerprint density at radius 3 is 3.11 bits per heavy atom. The Bertz CT molecular complexity index is 490. The van der Waals surface area contributed by atoms with Crippen LogP contribution in [-0.2, 0) is 17.8 Å². The van der Waals surface area contributed by atoms with Crippen LogP contribution in [-0.4, -0.2) is 24.4 Å². The maximum Gasteiger partial charge on any atom is 0.228 e. The highest BCUT2D eigenvalue weighted by molar-refractivity contribution is 5.99. The molecule has 0 aliphatic carbocycles. The lowest BCUT2D eigenvalue weighted by Crippen LogP contribution is -2.19. The van der Waals surface area contributed by atoms with Crippen molar-refractivity contribution in [2.45, 2.75) is 25.8 Å². The summed E-state index contributed by atoms with van der Waals surface area (Å²) in [6, 6.07) is 8.26. The molecule has 4 heteroatoms. The van der Waals surface area contributed by atoms with Gasteiger partial charge in [-0.3, -0.25) is 4.79 Å². The number of anilines is 1. The Labute approximate surface area is 107 Å². The van der Waals surface area contributed by atoms with Crippen LogP contribution in [0, 0.1) is 11.3 Å².